The van der Waals surface area contributed by atoms with Crippen LogP contribution in [0.15, 0.2) is 15.2 Å². The van der Waals surface area contributed by atoms with Gasteiger partial charge in [-0.3, -0.25) is 4.79 Å². The molecule has 92 valence electrons. The van der Waals surface area contributed by atoms with E-state index in [2.05, 4.69) is 15.9 Å². The molecule has 2 N–H and O–H groups in total. The van der Waals surface area contributed by atoms with E-state index in [4.69, 9.17) is 18.0 Å². The molecule has 17 heavy (non-hydrogen) atoms. The third kappa shape index (κ3) is 3.05. The molecule has 3 nitrogen and oxygen atoms in total. The lowest BCUT2D eigenvalue weighted by atomic mass is 9.96. The Labute approximate surface area is 118 Å². The van der Waals surface area contributed by atoms with Crippen molar-refractivity contribution < 1.29 is 4.79 Å². The average Bonchev–Trinajstić information content (AvgIpc) is 2.75. The number of amides is 1. The summed E-state index contributed by atoms with van der Waals surface area (Å²) >= 11 is 9.88. The van der Waals surface area contributed by atoms with Gasteiger partial charge in [-0.15, -0.1) is 11.3 Å². The van der Waals surface area contributed by atoms with E-state index in [1.165, 1.54) is 11.3 Å². The minimum absolute atomic E-state index is 0.105. The number of thiocarbonyl (C=S) groups is 1. The molecular formula is C11H13BrN2OS2. The highest BCUT2D eigenvalue weighted by molar-refractivity contribution is 9.11. The first kappa shape index (κ1) is 13.0. The molecule has 1 amide bonds. The predicted octanol–water partition coefficient (Wildman–Crippen LogP) is 2.65. The summed E-state index contributed by atoms with van der Waals surface area (Å²) in [5.74, 6) is 0.400. The Kier molecular flexibility index (Phi) is 4.17. The molecular weight excluding hydrogens is 320 g/mol. The number of piperidine rings is 1. The molecule has 0 aliphatic carbocycles. The quantitative estimate of drug-likeness (QED) is 0.847. The Balaban J connectivity index is 1.97. The molecule has 0 unspecified atom stereocenters. The summed E-state index contributed by atoms with van der Waals surface area (Å²) in [6.07, 6.45) is 1.76. The Morgan fingerprint density at radius 3 is 2.65 bits per heavy atom. The number of thiophene rings is 1. The molecule has 0 radical (unpaired) electrons. The summed E-state index contributed by atoms with van der Waals surface area (Å²) in [6.45, 7) is 1.49. The van der Waals surface area contributed by atoms with Crippen LogP contribution in [0.5, 0.6) is 0 Å². The zero-order valence-corrected chi connectivity index (χ0v) is 12.4. The topological polar surface area (TPSA) is 46.3 Å². The normalized spacial score (nSPS) is 17.1. The number of nitrogens with two attached hydrogens (primary N) is 1. The third-order valence-electron chi connectivity index (χ3n) is 3.00. The highest BCUT2D eigenvalue weighted by atomic mass is 79.9. The van der Waals surface area contributed by atoms with Gasteiger partial charge in [-0.2, -0.15) is 0 Å². The van der Waals surface area contributed by atoms with Crippen molar-refractivity contribution in [1.29, 1.82) is 0 Å². The van der Waals surface area contributed by atoms with Gasteiger partial charge >= 0.3 is 0 Å². The third-order valence-corrected chi connectivity index (χ3v) is 4.84. The van der Waals surface area contributed by atoms with Gasteiger partial charge in [-0.25, -0.2) is 0 Å². The summed E-state index contributed by atoms with van der Waals surface area (Å²) in [5, 5.41) is 1.88. The largest absolute Gasteiger partial charge is 0.393 e. The molecule has 1 fully saturated rings. The smallest absolute Gasteiger partial charge is 0.254 e. The molecule has 1 aromatic rings. The summed E-state index contributed by atoms with van der Waals surface area (Å²) < 4.78 is 0.985. The lowest BCUT2D eigenvalue weighted by molar-refractivity contribution is 0.0711. The second-order valence-electron chi connectivity index (χ2n) is 4.11. The molecule has 1 aliphatic rings. The molecule has 1 aromatic heterocycles. The number of halogens is 1. The standard InChI is InChI=1S/C11H13BrN2OS2/c12-9-5-8(6-17-9)11(15)14-3-1-7(2-4-14)10(13)16/h5-7H,1-4H2,(H2,13,16). The molecule has 6 heteroatoms. The Hall–Kier alpha value is -0.460. The van der Waals surface area contributed by atoms with Crippen LogP contribution in [0.4, 0.5) is 0 Å². The number of likely N-dealkylation sites (tertiary alicyclic amines) is 1. The number of nitrogens with zero attached hydrogens (tertiary/aromatic N) is 1. The highest BCUT2D eigenvalue weighted by Gasteiger charge is 2.25. The van der Waals surface area contributed by atoms with Gasteiger partial charge in [-0.05, 0) is 34.8 Å². The van der Waals surface area contributed by atoms with Crippen LogP contribution in [0.2, 0.25) is 0 Å². The predicted molar refractivity (Wildman–Crippen MR) is 77.4 cm³/mol. The van der Waals surface area contributed by atoms with Crippen LogP contribution in [0.3, 0.4) is 0 Å². The Morgan fingerprint density at radius 2 is 2.18 bits per heavy atom. The van der Waals surface area contributed by atoms with Crippen LogP contribution in [-0.4, -0.2) is 28.9 Å². The van der Waals surface area contributed by atoms with Crippen LogP contribution in [0, 0.1) is 5.92 Å². The van der Waals surface area contributed by atoms with Crippen molar-refractivity contribution in [2.24, 2.45) is 11.7 Å². The first-order valence-corrected chi connectivity index (χ1v) is 7.48. The lowest BCUT2D eigenvalue weighted by Crippen LogP contribution is -2.41. The monoisotopic (exact) mass is 332 g/mol. The van der Waals surface area contributed by atoms with Gasteiger partial charge in [0.1, 0.15) is 0 Å². The van der Waals surface area contributed by atoms with E-state index in [0.717, 1.165) is 35.3 Å². The number of rotatable bonds is 2. The summed E-state index contributed by atoms with van der Waals surface area (Å²) in [5.41, 5.74) is 6.39. The SMILES string of the molecule is NC(=S)C1CCN(C(=O)c2csc(Br)c2)CC1. The van der Waals surface area contributed by atoms with Crippen molar-refractivity contribution in [3.05, 3.63) is 20.8 Å². The molecule has 0 spiro atoms. The molecule has 0 atom stereocenters. The van der Waals surface area contributed by atoms with Crippen molar-refractivity contribution in [1.82, 2.24) is 4.90 Å². The molecule has 2 heterocycles. The summed E-state index contributed by atoms with van der Waals surface area (Å²) in [4.78, 5) is 14.6. The van der Waals surface area contributed by atoms with E-state index in [1.807, 2.05) is 16.3 Å². The zero-order chi connectivity index (χ0) is 12.4. The van der Waals surface area contributed by atoms with E-state index in [1.54, 1.807) is 0 Å². The van der Waals surface area contributed by atoms with E-state index in [0.29, 0.717) is 10.9 Å². The highest BCUT2D eigenvalue weighted by Crippen LogP contribution is 2.24. The molecule has 0 aromatic carbocycles. The van der Waals surface area contributed by atoms with E-state index >= 15 is 0 Å². The average molecular weight is 333 g/mol. The van der Waals surface area contributed by atoms with Gasteiger partial charge in [-0.1, -0.05) is 12.2 Å². The zero-order valence-electron chi connectivity index (χ0n) is 9.19. The van der Waals surface area contributed by atoms with Gasteiger partial charge < -0.3 is 10.6 Å². The fourth-order valence-corrected chi connectivity index (χ4v) is 3.34. The van der Waals surface area contributed by atoms with Crippen molar-refractivity contribution >= 4 is 50.4 Å². The number of carbonyl (C=O) groups excluding carboxylic acids is 1. The van der Waals surface area contributed by atoms with Crippen LogP contribution in [0.1, 0.15) is 23.2 Å². The van der Waals surface area contributed by atoms with Crippen molar-refractivity contribution in [2.75, 3.05) is 13.1 Å². The maximum Gasteiger partial charge on any atom is 0.254 e. The lowest BCUT2D eigenvalue weighted by Gasteiger charge is -2.31. The molecule has 2 rings (SSSR count). The molecule has 0 bridgehead atoms. The molecule has 1 saturated heterocycles. The van der Waals surface area contributed by atoms with Crippen LogP contribution in [-0.2, 0) is 0 Å². The fraction of sp³-hybridized carbons (Fsp3) is 0.455. The number of hydrogen-bond acceptors (Lipinski definition) is 3. The second kappa shape index (κ2) is 5.46. The van der Waals surface area contributed by atoms with Crippen LogP contribution >= 0.6 is 39.5 Å². The minimum atomic E-state index is 0.105. The number of hydrogen-bond donors (Lipinski definition) is 1. The number of carbonyl (C=O) groups is 1. The van der Waals surface area contributed by atoms with Gasteiger partial charge in [0.05, 0.1) is 14.3 Å². The van der Waals surface area contributed by atoms with Gasteiger partial charge in [0.2, 0.25) is 0 Å². The first-order chi connectivity index (χ1) is 8.08. The van der Waals surface area contributed by atoms with Crippen LogP contribution < -0.4 is 5.73 Å². The van der Waals surface area contributed by atoms with Gasteiger partial charge in [0.15, 0.2) is 0 Å². The van der Waals surface area contributed by atoms with Gasteiger partial charge in [0.25, 0.3) is 5.91 Å². The van der Waals surface area contributed by atoms with Gasteiger partial charge in [0, 0.05) is 24.4 Å². The fourth-order valence-electron chi connectivity index (χ4n) is 1.97. The van der Waals surface area contributed by atoms with Crippen molar-refractivity contribution in [3.63, 3.8) is 0 Å². The molecule has 0 saturated carbocycles. The Morgan fingerprint density at radius 1 is 1.53 bits per heavy atom. The van der Waals surface area contributed by atoms with E-state index in [9.17, 15) is 4.79 Å². The van der Waals surface area contributed by atoms with Crippen molar-refractivity contribution in [3.8, 4) is 0 Å². The minimum Gasteiger partial charge on any atom is -0.393 e. The summed E-state index contributed by atoms with van der Waals surface area (Å²) in [6, 6.07) is 1.87. The van der Waals surface area contributed by atoms with Crippen molar-refractivity contribution in [2.45, 2.75) is 12.8 Å². The van der Waals surface area contributed by atoms with E-state index in [-0.39, 0.29) is 5.91 Å². The maximum atomic E-state index is 12.1. The first-order valence-electron chi connectivity index (χ1n) is 5.40. The van der Waals surface area contributed by atoms with E-state index < -0.39 is 0 Å². The Bertz CT molecular complexity index is 438. The maximum absolute atomic E-state index is 12.1. The second-order valence-corrected chi connectivity index (χ2v) is 6.87. The van der Waals surface area contributed by atoms with Crippen LogP contribution in [0.25, 0.3) is 0 Å². The molecule has 1 aliphatic heterocycles. The summed E-state index contributed by atoms with van der Waals surface area (Å²) in [7, 11) is 0.